The topological polar surface area (TPSA) is 23.8 Å². The van der Waals surface area contributed by atoms with Gasteiger partial charge in [-0.25, -0.2) is 0 Å². The molecule has 1 saturated carbocycles. The molecule has 0 bridgehead atoms. The predicted molar refractivity (Wildman–Crippen MR) is 41.5 cm³/mol. The summed E-state index contributed by atoms with van der Waals surface area (Å²) in [7, 11) is 0. The van der Waals surface area contributed by atoms with Gasteiger partial charge in [0.05, 0.1) is 11.5 Å². The van der Waals surface area contributed by atoms with Gasteiger partial charge in [-0.05, 0) is 26.2 Å². The zero-order valence-corrected chi connectivity index (χ0v) is 6.78. The molecule has 0 heterocycles. The molecule has 0 aromatic heterocycles. The van der Waals surface area contributed by atoms with E-state index in [9.17, 15) is 0 Å². The summed E-state index contributed by atoms with van der Waals surface area (Å²) in [4.78, 5) is 0. The quantitative estimate of drug-likeness (QED) is 0.602. The summed E-state index contributed by atoms with van der Waals surface area (Å²) in [5.41, 5.74) is 2.65. The van der Waals surface area contributed by atoms with Crippen molar-refractivity contribution in [2.45, 2.75) is 26.2 Å². The summed E-state index contributed by atoms with van der Waals surface area (Å²) >= 11 is 5.47. The van der Waals surface area contributed by atoms with Crippen LogP contribution < -0.4 is 0 Å². The van der Waals surface area contributed by atoms with E-state index in [1.807, 2.05) is 6.92 Å². The molecule has 1 rings (SSSR count). The van der Waals surface area contributed by atoms with Gasteiger partial charge in [-0.1, -0.05) is 17.2 Å². The third kappa shape index (κ3) is 1.52. The summed E-state index contributed by atoms with van der Waals surface area (Å²) in [6.45, 7) is 1.96. The maximum atomic E-state index is 8.68. The molecular weight excluding hydrogens is 146 g/mol. The lowest BCUT2D eigenvalue weighted by Gasteiger charge is -2.02. The van der Waals surface area contributed by atoms with Crippen molar-refractivity contribution < 1.29 is 0 Å². The van der Waals surface area contributed by atoms with Gasteiger partial charge in [-0.15, -0.1) is 0 Å². The van der Waals surface area contributed by atoms with E-state index in [0.29, 0.717) is 0 Å². The lowest BCUT2D eigenvalue weighted by atomic mass is 10.0. The fourth-order valence-corrected chi connectivity index (χ4v) is 1.13. The summed E-state index contributed by atoms with van der Waals surface area (Å²) in [6.07, 6.45) is 2.95. The molecular formula is C8H10ClN. The zero-order chi connectivity index (χ0) is 7.61. The largest absolute Gasteiger partial charge is 0.198 e. The minimum absolute atomic E-state index is 0.0323. The molecule has 0 N–H and O–H groups in total. The molecule has 0 unspecified atom stereocenters. The third-order valence-electron chi connectivity index (χ3n) is 1.89. The second-order valence-electron chi connectivity index (χ2n) is 3.02. The molecule has 1 aliphatic rings. The van der Waals surface area contributed by atoms with Crippen LogP contribution in [0.4, 0.5) is 0 Å². The van der Waals surface area contributed by atoms with Crippen LogP contribution in [0.15, 0.2) is 11.1 Å². The van der Waals surface area contributed by atoms with Crippen molar-refractivity contribution in [2.24, 2.45) is 5.41 Å². The smallest absolute Gasteiger partial charge is 0.0693 e. The van der Waals surface area contributed by atoms with Gasteiger partial charge in [-0.3, -0.25) is 0 Å². The van der Waals surface area contributed by atoms with Crippen molar-refractivity contribution in [3.05, 3.63) is 11.1 Å². The average Bonchev–Trinajstić information content (AvgIpc) is 2.70. The van der Waals surface area contributed by atoms with Gasteiger partial charge in [0, 0.05) is 5.54 Å². The fourth-order valence-electron chi connectivity index (χ4n) is 1.05. The number of allylic oxidation sites excluding steroid dienone is 1. The Balaban J connectivity index is 2.48. The van der Waals surface area contributed by atoms with Gasteiger partial charge in [0.15, 0.2) is 0 Å². The molecule has 54 valence electrons. The van der Waals surface area contributed by atoms with Crippen LogP contribution in [0.25, 0.3) is 0 Å². The molecule has 1 fully saturated rings. The molecule has 10 heavy (non-hydrogen) atoms. The monoisotopic (exact) mass is 155 g/mol. The highest BCUT2D eigenvalue weighted by atomic mass is 35.5. The highest BCUT2D eigenvalue weighted by molar-refractivity contribution is 6.25. The Bertz CT molecular complexity index is 196. The Morgan fingerprint density at radius 1 is 1.80 bits per heavy atom. The molecule has 0 saturated heterocycles. The Morgan fingerprint density at radius 3 is 2.70 bits per heavy atom. The van der Waals surface area contributed by atoms with Crippen molar-refractivity contribution in [2.75, 3.05) is 0 Å². The van der Waals surface area contributed by atoms with E-state index in [4.69, 9.17) is 16.9 Å². The van der Waals surface area contributed by atoms with E-state index in [1.54, 1.807) is 5.54 Å². The minimum atomic E-state index is -0.0323. The summed E-state index contributed by atoms with van der Waals surface area (Å²) in [5.74, 6) is 0. The van der Waals surface area contributed by atoms with E-state index < -0.39 is 0 Å². The van der Waals surface area contributed by atoms with Crippen LogP contribution in [-0.4, -0.2) is 0 Å². The molecule has 0 radical (unpaired) electrons. The highest BCUT2D eigenvalue weighted by Gasteiger charge is 2.42. The van der Waals surface area contributed by atoms with Crippen LogP contribution in [0.1, 0.15) is 26.2 Å². The normalized spacial score (nSPS) is 21.9. The van der Waals surface area contributed by atoms with Crippen LogP contribution in [0, 0.1) is 16.7 Å². The fraction of sp³-hybridized carbons (Fsp3) is 0.625. The highest BCUT2D eigenvalue weighted by Crippen LogP contribution is 2.49. The first-order chi connectivity index (χ1) is 4.72. The Hall–Kier alpha value is -0.480. The first kappa shape index (κ1) is 7.63. The zero-order valence-electron chi connectivity index (χ0n) is 6.02. The molecule has 1 nitrogen and oxygen atoms in total. The standard InChI is InChI=1S/C8H10ClN/c1-7(5-9)4-8(6-10)2-3-8/h5H,2-4H2,1H3/b7-5+. The summed E-state index contributed by atoms with van der Waals surface area (Å²) < 4.78 is 0. The van der Waals surface area contributed by atoms with Crippen molar-refractivity contribution in [1.82, 2.24) is 0 Å². The molecule has 2 heteroatoms. The number of nitriles is 1. The second kappa shape index (κ2) is 2.64. The molecule has 0 aromatic rings. The number of hydrogen-bond donors (Lipinski definition) is 0. The van der Waals surface area contributed by atoms with Gasteiger partial charge in [0.1, 0.15) is 0 Å². The SMILES string of the molecule is C/C(=C\Cl)CC1(C#N)CC1. The predicted octanol–water partition coefficient (Wildman–Crippen LogP) is 2.82. The van der Waals surface area contributed by atoms with Gasteiger partial charge < -0.3 is 0 Å². The Kier molecular flexibility index (Phi) is 2.01. The van der Waals surface area contributed by atoms with E-state index in [0.717, 1.165) is 24.8 Å². The van der Waals surface area contributed by atoms with E-state index in [-0.39, 0.29) is 5.41 Å². The van der Waals surface area contributed by atoms with Gasteiger partial charge in [0.2, 0.25) is 0 Å². The van der Waals surface area contributed by atoms with Crippen molar-refractivity contribution in [3.63, 3.8) is 0 Å². The van der Waals surface area contributed by atoms with Gasteiger partial charge >= 0.3 is 0 Å². The maximum Gasteiger partial charge on any atom is 0.0693 e. The number of nitrogens with zero attached hydrogens (tertiary/aromatic N) is 1. The first-order valence-electron chi connectivity index (χ1n) is 3.39. The number of rotatable bonds is 2. The molecule has 1 aliphatic carbocycles. The van der Waals surface area contributed by atoms with Crippen molar-refractivity contribution in [3.8, 4) is 6.07 Å². The lowest BCUT2D eigenvalue weighted by Crippen LogP contribution is -1.95. The Morgan fingerprint density at radius 2 is 2.40 bits per heavy atom. The molecule has 0 amide bonds. The molecule has 0 spiro atoms. The van der Waals surface area contributed by atoms with Crippen molar-refractivity contribution in [1.29, 1.82) is 5.26 Å². The number of hydrogen-bond acceptors (Lipinski definition) is 1. The van der Waals surface area contributed by atoms with Crippen LogP contribution in [-0.2, 0) is 0 Å². The third-order valence-corrected chi connectivity index (χ3v) is 2.27. The first-order valence-corrected chi connectivity index (χ1v) is 3.83. The second-order valence-corrected chi connectivity index (χ2v) is 3.24. The van der Waals surface area contributed by atoms with Crippen LogP contribution in [0.5, 0.6) is 0 Å². The van der Waals surface area contributed by atoms with Crippen LogP contribution in [0.3, 0.4) is 0 Å². The Labute approximate surface area is 66.3 Å². The molecule has 0 aliphatic heterocycles. The minimum Gasteiger partial charge on any atom is -0.198 e. The van der Waals surface area contributed by atoms with Crippen LogP contribution in [0.2, 0.25) is 0 Å². The molecule has 0 atom stereocenters. The average molecular weight is 156 g/mol. The summed E-state index contributed by atoms with van der Waals surface area (Å²) in [5, 5.41) is 8.68. The lowest BCUT2D eigenvalue weighted by molar-refractivity contribution is 0.660. The van der Waals surface area contributed by atoms with Crippen LogP contribution >= 0.6 is 11.6 Å². The summed E-state index contributed by atoms with van der Waals surface area (Å²) in [6, 6.07) is 2.32. The van der Waals surface area contributed by atoms with E-state index >= 15 is 0 Å². The molecule has 0 aromatic carbocycles. The number of halogens is 1. The van der Waals surface area contributed by atoms with Crippen molar-refractivity contribution >= 4 is 11.6 Å². The van der Waals surface area contributed by atoms with Gasteiger partial charge in [-0.2, -0.15) is 5.26 Å². The van der Waals surface area contributed by atoms with Gasteiger partial charge in [0.25, 0.3) is 0 Å². The van der Waals surface area contributed by atoms with E-state index in [1.165, 1.54) is 0 Å². The maximum absolute atomic E-state index is 8.68. The van der Waals surface area contributed by atoms with E-state index in [2.05, 4.69) is 6.07 Å².